The minimum absolute atomic E-state index is 0.224. The van der Waals surface area contributed by atoms with Crippen molar-refractivity contribution in [3.05, 3.63) is 34.6 Å². The van der Waals surface area contributed by atoms with Crippen molar-refractivity contribution in [2.24, 2.45) is 0 Å². The Morgan fingerprint density at radius 2 is 1.33 bits per heavy atom. The van der Waals surface area contributed by atoms with Crippen LogP contribution in [0.1, 0.15) is 58.2 Å². The molecule has 0 aliphatic rings. The second-order valence-corrected chi connectivity index (χ2v) is 7.30. The normalized spacial score (nSPS) is 13.3. The molecule has 0 amide bonds. The van der Waals surface area contributed by atoms with Crippen LogP contribution in [0.3, 0.4) is 0 Å². The number of aliphatic hydroxyl groups excluding tert-OH is 1. The number of rotatable bonds is 2. The summed E-state index contributed by atoms with van der Waals surface area (Å²) in [6, 6.07) is 3.42. The number of phenolic OH excluding ortho intramolecular Hbond substituents is 1. The quantitative estimate of drug-likeness (QED) is 0.569. The number of aromatic hydroxyl groups is 1. The zero-order chi connectivity index (χ0) is 16.6. The molecule has 0 spiro atoms. The highest BCUT2D eigenvalue weighted by Gasteiger charge is 2.26. The van der Waals surface area contributed by atoms with Crippen molar-refractivity contribution >= 4 is 12.0 Å². The van der Waals surface area contributed by atoms with E-state index in [4.69, 9.17) is 5.11 Å². The van der Waals surface area contributed by atoms with Crippen LogP contribution in [0.2, 0.25) is 0 Å². The minimum atomic E-state index is -1.38. The highest BCUT2D eigenvalue weighted by Crippen LogP contribution is 2.40. The van der Waals surface area contributed by atoms with Crippen LogP contribution in [-0.4, -0.2) is 21.3 Å². The molecule has 0 radical (unpaired) electrons. The number of carbonyl (C=O) groups is 1. The first-order valence-electron chi connectivity index (χ1n) is 6.86. The Balaban J connectivity index is 3.63. The number of phenols is 1. The molecule has 0 atom stereocenters. The maximum absolute atomic E-state index is 10.8. The lowest BCUT2D eigenvalue weighted by Gasteiger charge is -2.27. The van der Waals surface area contributed by atoms with Crippen molar-refractivity contribution in [3.63, 3.8) is 0 Å². The number of benzene rings is 1. The van der Waals surface area contributed by atoms with Gasteiger partial charge in [0.05, 0.1) is 0 Å². The third kappa shape index (κ3) is 4.00. The van der Waals surface area contributed by atoms with Crippen LogP contribution in [0.25, 0.3) is 6.08 Å². The molecular formula is C17H24O4. The molecule has 0 fully saturated rings. The Hall–Kier alpha value is -1.97. The summed E-state index contributed by atoms with van der Waals surface area (Å²) in [5.74, 6) is -1.87. The lowest BCUT2D eigenvalue weighted by molar-refractivity contribution is -0.135. The van der Waals surface area contributed by atoms with Crippen LogP contribution in [0.5, 0.6) is 5.75 Å². The van der Waals surface area contributed by atoms with Gasteiger partial charge in [-0.05, 0) is 34.6 Å². The molecule has 0 aliphatic heterocycles. The number of carboxylic acids is 1. The molecule has 0 saturated heterocycles. The molecule has 0 bridgehead atoms. The molecule has 0 saturated carbocycles. The fourth-order valence-electron chi connectivity index (χ4n) is 2.10. The van der Waals surface area contributed by atoms with E-state index in [1.807, 2.05) is 41.5 Å². The summed E-state index contributed by atoms with van der Waals surface area (Å²) in [7, 11) is 0. The molecule has 3 N–H and O–H groups in total. The van der Waals surface area contributed by atoms with Crippen molar-refractivity contribution in [2.45, 2.75) is 52.4 Å². The Morgan fingerprint density at radius 3 is 1.62 bits per heavy atom. The predicted molar refractivity (Wildman–Crippen MR) is 83.7 cm³/mol. The van der Waals surface area contributed by atoms with Crippen molar-refractivity contribution in [1.82, 2.24) is 0 Å². The standard InChI is InChI=1S/C17H24O4/c1-16(2,3)11-7-10(9-13(18)15(20)21)8-12(14(11)19)17(4,5)6/h7-9,18-19H,1-6H3,(H,20,21). The van der Waals surface area contributed by atoms with Gasteiger partial charge in [-0.25, -0.2) is 4.79 Å². The summed E-state index contributed by atoms with van der Waals surface area (Å²) in [4.78, 5) is 10.8. The van der Waals surface area contributed by atoms with Gasteiger partial charge in [-0.2, -0.15) is 0 Å². The number of aliphatic carboxylic acids is 1. The Bertz CT molecular complexity index is 549. The van der Waals surface area contributed by atoms with Gasteiger partial charge in [0.1, 0.15) is 5.75 Å². The maximum Gasteiger partial charge on any atom is 0.370 e. The van der Waals surface area contributed by atoms with Crippen LogP contribution in [0.4, 0.5) is 0 Å². The maximum atomic E-state index is 10.8. The van der Waals surface area contributed by atoms with Gasteiger partial charge in [0, 0.05) is 11.1 Å². The fourth-order valence-corrected chi connectivity index (χ4v) is 2.10. The molecule has 4 heteroatoms. The van der Waals surface area contributed by atoms with E-state index in [0.717, 1.165) is 11.1 Å². The summed E-state index contributed by atoms with van der Waals surface area (Å²) in [5, 5.41) is 28.8. The Morgan fingerprint density at radius 1 is 0.952 bits per heavy atom. The van der Waals surface area contributed by atoms with Crippen LogP contribution in [0.15, 0.2) is 17.9 Å². The summed E-state index contributed by atoms with van der Waals surface area (Å²) in [6.07, 6.45) is 1.20. The van der Waals surface area contributed by atoms with Gasteiger partial charge in [0.15, 0.2) is 0 Å². The SMILES string of the molecule is CC(C)(C)c1cc(C=C(O)C(=O)O)cc(C(C)(C)C)c1O. The van der Waals surface area contributed by atoms with Crippen LogP contribution >= 0.6 is 0 Å². The number of hydrogen-bond donors (Lipinski definition) is 3. The van der Waals surface area contributed by atoms with E-state index in [0.29, 0.717) is 5.56 Å². The molecule has 0 unspecified atom stereocenters. The van der Waals surface area contributed by atoms with E-state index in [1.54, 1.807) is 12.1 Å². The average Bonchev–Trinajstić information content (AvgIpc) is 2.27. The molecule has 4 nitrogen and oxygen atoms in total. The predicted octanol–water partition coefficient (Wildman–Crippen LogP) is 3.97. The number of hydrogen-bond acceptors (Lipinski definition) is 3. The first kappa shape index (κ1) is 17.1. The highest BCUT2D eigenvalue weighted by atomic mass is 16.4. The van der Waals surface area contributed by atoms with Gasteiger partial charge in [-0.15, -0.1) is 0 Å². The molecule has 0 heterocycles. The lowest BCUT2D eigenvalue weighted by Crippen LogP contribution is -2.17. The van der Waals surface area contributed by atoms with Gasteiger partial charge >= 0.3 is 5.97 Å². The lowest BCUT2D eigenvalue weighted by atomic mass is 9.78. The average molecular weight is 292 g/mol. The van der Waals surface area contributed by atoms with E-state index >= 15 is 0 Å². The Labute approximate surface area is 125 Å². The first-order chi connectivity index (χ1) is 9.34. The second kappa shape index (κ2) is 5.43. The number of aliphatic hydroxyl groups is 1. The third-order valence-electron chi connectivity index (χ3n) is 3.27. The van der Waals surface area contributed by atoms with Crippen molar-refractivity contribution in [2.75, 3.05) is 0 Å². The highest BCUT2D eigenvalue weighted by molar-refractivity contribution is 5.89. The summed E-state index contributed by atoms with van der Waals surface area (Å²) < 4.78 is 0. The van der Waals surface area contributed by atoms with Gasteiger partial charge in [-0.1, -0.05) is 41.5 Å². The second-order valence-electron chi connectivity index (χ2n) is 7.30. The molecule has 0 aromatic heterocycles. The third-order valence-corrected chi connectivity index (χ3v) is 3.27. The number of carboxylic acid groups (broad SMARTS) is 1. The van der Waals surface area contributed by atoms with Gasteiger partial charge in [0.25, 0.3) is 0 Å². The monoisotopic (exact) mass is 292 g/mol. The minimum Gasteiger partial charge on any atom is -0.507 e. The first-order valence-corrected chi connectivity index (χ1v) is 6.86. The summed E-state index contributed by atoms with van der Waals surface area (Å²) in [5.41, 5.74) is 1.40. The Kier molecular flexibility index (Phi) is 4.42. The van der Waals surface area contributed by atoms with E-state index < -0.39 is 11.7 Å². The topological polar surface area (TPSA) is 77.8 Å². The van der Waals surface area contributed by atoms with Crippen molar-refractivity contribution in [3.8, 4) is 5.75 Å². The van der Waals surface area contributed by atoms with Crippen molar-refractivity contribution < 1.29 is 20.1 Å². The smallest absolute Gasteiger partial charge is 0.370 e. The van der Waals surface area contributed by atoms with Gasteiger partial charge < -0.3 is 15.3 Å². The molecule has 1 rings (SSSR count). The van der Waals surface area contributed by atoms with E-state index in [9.17, 15) is 15.0 Å². The van der Waals surface area contributed by atoms with Gasteiger partial charge in [0.2, 0.25) is 5.76 Å². The summed E-state index contributed by atoms with van der Waals surface area (Å²) >= 11 is 0. The molecular weight excluding hydrogens is 268 g/mol. The largest absolute Gasteiger partial charge is 0.507 e. The van der Waals surface area contributed by atoms with Crippen LogP contribution in [0, 0.1) is 0 Å². The molecule has 1 aromatic rings. The van der Waals surface area contributed by atoms with Crippen LogP contribution < -0.4 is 0 Å². The fraction of sp³-hybridized carbons (Fsp3) is 0.471. The van der Waals surface area contributed by atoms with E-state index in [2.05, 4.69) is 0 Å². The molecule has 116 valence electrons. The summed E-state index contributed by atoms with van der Waals surface area (Å²) in [6.45, 7) is 11.8. The molecule has 0 aliphatic carbocycles. The van der Waals surface area contributed by atoms with Crippen molar-refractivity contribution in [1.29, 1.82) is 0 Å². The zero-order valence-corrected chi connectivity index (χ0v) is 13.5. The van der Waals surface area contributed by atoms with Gasteiger partial charge in [-0.3, -0.25) is 0 Å². The molecule has 21 heavy (non-hydrogen) atoms. The zero-order valence-electron chi connectivity index (χ0n) is 13.5. The molecule has 1 aromatic carbocycles. The van der Waals surface area contributed by atoms with Crippen LogP contribution in [-0.2, 0) is 15.6 Å². The van der Waals surface area contributed by atoms with E-state index in [1.165, 1.54) is 6.08 Å². The van der Waals surface area contributed by atoms with E-state index in [-0.39, 0.29) is 16.6 Å².